The number of nitrogens with zero attached hydrogens (tertiary/aromatic N) is 1. The van der Waals surface area contributed by atoms with Gasteiger partial charge in [-0.3, -0.25) is 9.36 Å². The Morgan fingerprint density at radius 1 is 1.35 bits per heavy atom. The smallest absolute Gasteiger partial charge is 0.272 e. The molecule has 1 atom stereocenters. The number of halogens is 1. The van der Waals surface area contributed by atoms with Gasteiger partial charge in [-0.15, -0.1) is 11.3 Å². The first kappa shape index (κ1) is 13.2. The van der Waals surface area contributed by atoms with Gasteiger partial charge in [0.2, 0.25) is 0 Å². The number of thiophene rings is 1. The van der Waals surface area contributed by atoms with Crippen molar-refractivity contribution in [2.75, 3.05) is 0 Å². The second-order valence-electron chi connectivity index (χ2n) is 4.47. The van der Waals surface area contributed by atoms with Gasteiger partial charge in [0.05, 0.1) is 11.6 Å². The summed E-state index contributed by atoms with van der Waals surface area (Å²) >= 11 is 6.59. The zero-order valence-corrected chi connectivity index (χ0v) is 12.2. The van der Waals surface area contributed by atoms with E-state index in [9.17, 15) is 9.18 Å². The highest BCUT2D eigenvalue weighted by molar-refractivity contribution is 7.71. The first-order valence-corrected chi connectivity index (χ1v) is 7.35. The third-order valence-corrected chi connectivity index (χ3v) is 4.48. The molecule has 0 amide bonds. The molecule has 20 heavy (non-hydrogen) atoms. The van der Waals surface area contributed by atoms with Crippen LogP contribution >= 0.6 is 23.6 Å². The van der Waals surface area contributed by atoms with E-state index in [2.05, 4.69) is 4.98 Å². The molecule has 0 aliphatic carbocycles. The Kier molecular flexibility index (Phi) is 3.27. The molecule has 2 heterocycles. The first-order valence-electron chi connectivity index (χ1n) is 6.06. The van der Waals surface area contributed by atoms with E-state index >= 15 is 0 Å². The minimum Gasteiger partial charge on any atom is -0.331 e. The highest BCUT2D eigenvalue weighted by Gasteiger charge is 2.16. The van der Waals surface area contributed by atoms with Crippen LogP contribution in [0.5, 0.6) is 0 Å². The van der Waals surface area contributed by atoms with Crippen molar-refractivity contribution in [3.63, 3.8) is 0 Å². The lowest BCUT2D eigenvalue weighted by atomic mass is 10.1. The van der Waals surface area contributed by atoms with E-state index in [-0.39, 0.29) is 11.4 Å². The monoisotopic (exact) mass is 306 g/mol. The molecular weight excluding hydrogens is 295 g/mol. The predicted molar refractivity (Wildman–Crippen MR) is 81.5 cm³/mol. The highest BCUT2D eigenvalue weighted by atomic mass is 32.1. The molecule has 0 saturated carbocycles. The Morgan fingerprint density at radius 2 is 2.10 bits per heavy atom. The normalized spacial score (nSPS) is 12.7. The second kappa shape index (κ2) is 4.96. The van der Waals surface area contributed by atoms with Crippen LogP contribution in [0.15, 0.2) is 40.5 Å². The third kappa shape index (κ3) is 2.01. The average molecular weight is 306 g/mol. The highest BCUT2D eigenvalue weighted by Crippen LogP contribution is 2.21. The topological polar surface area (TPSA) is 37.8 Å². The standard InChI is InChI=1S/C14H11FN2OS2/c1-8(9-4-2-3-5-10(9)15)17-13(18)12-11(6-7-20-12)16-14(17)19/h2-8H,1H3,(H,16,19). The van der Waals surface area contributed by atoms with Gasteiger partial charge in [0, 0.05) is 5.56 Å². The molecule has 0 spiro atoms. The minimum absolute atomic E-state index is 0.186. The molecule has 1 N–H and O–H groups in total. The Morgan fingerprint density at radius 3 is 2.85 bits per heavy atom. The van der Waals surface area contributed by atoms with Crippen molar-refractivity contribution >= 4 is 33.8 Å². The largest absolute Gasteiger partial charge is 0.331 e. The SMILES string of the molecule is CC(c1ccccc1F)n1c(=S)[nH]c2ccsc2c1=O. The summed E-state index contributed by atoms with van der Waals surface area (Å²) in [5, 5.41) is 1.83. The maximum absolute atomic E-state index is 13.9. The average Bonchev–Trinajstić information content (AvgIpc) is 2.87. The van der Waals surface area contributed by atoms with Crippen LogP contribution in [-0.2, 0) is 0 Å². The lowest BCUT2D eigenvalue weighted by Crippen LogP contribution is -2.25. The van der Waals surface area contributed by atoms with Crippen molar-refractivity contribution in [3.05, 3.63) is 62.2 Å². The van der Waals surface area contributed by atoms with Crippen LogP contribution in [0.3, 0.4) is 0 Å². The van der Waals surface area contributed by atoms with Crippen LogP contribution < -0.4 is 5.56 Å². The van der Waals surface area contributed by atoms with E-state index < -0.39 is 6.04 Å². The second-order valence-corrected chi connectivity index (χ2v) is 5.77. The summed E-state index contributed by atoms with van der Waals surface area (Å²) in [7, 11) is 0. The molecule has 1 unspecified atom stereocenters. The molecule has 0 fully saturated rings. The fourth-order valence-corrected chi connectivity index (χ4v) is 3.39. The number of hydrogen-bond acceptors (Lipinski definition) is 3. The van der Waals surface area contributed by atoms with Crippen LogP contribution in [-0.4, -0.2) is 9.55 Å². The summed E-state index contributed by atoms with van der Waals surface area (Å²) in [6.07, 6.45) is 0. The molecule has 0 bridgehead atoms. The van der Waals surface area contributed by atoms with E-state index in [0.29, 0.717) is 15.0 Å². The molecule has 0 radical (unpaired) electrons. The van der Waals surface area contributed by atoms with Crippen LogP contribution in [0.4, 0.5) is 4.39 Å². The quantitative estimate of drug-likeness (QED) is 0.730. The minimum atomic E-state index is -0.459. The van der Waals surface area contributed by atoms with E-state index in [0.717, 1.165) is 5.52 Å². The molecule has 3 aromatic rings. The summed E-state index contributed by atoms with van der Waals surface area (Å²) < 4.78 is 16.2. The fraction of sp³-hybridized carbons (Fsp3) is 0.143. The molecular formula is C14H11FN2OS2. The van der Waals surface area contributed by atoms with Gasteiger partial charge in [-0.1, -0.05) is 18.2 Å². The number of aromatic amines is 1. The van der Waals surface area contributed by atoms with Gasteiger partial charge < -0.3 is 4.98 Å². The molecule has 0 aliphatic rings. The zero-order chi connectivity index (χ0) is 14.3. The molecule has 1 aromatic carbocycles. The maximum Gasteiger partial charge on any atom is 0.272 e. The summed E-state index contributed by atoms with van der Waals surface area (Å²) in [6.45, 7) is 1.77. The van der Waals surface area contributed by atoms with Crippen molar-refractivity contribution in [2.24, 2.45) is 0 Å². The van der Waals surface area contributed by atoms with Crippen molar-refractivity contribution in [2.45, 2.75) is 13.0 Å². The molecule has 2 aromatic heterocycles. The molecule has 3 nitrogen and oxygen atoms in total. The fourth-order valence-electron chi connectivity index (χ4n) is 2.26. The Labute approximate surface area is 123 Å². The van der Waals surface area contributed by atoms with Crippen LogP contribution in [0.25, 0.3) is 10.2 Å². The summed E-state index contributed by atoms with van der Waals surface area (Å²) in [4.78, 5) is 15.5. The lowest BCUT2D eigenvalue weighted by molar-refractivity contribution is 0.541. The number of rotatable bonds is 2. The number of benzene rings is 1. The van der Waals surface area contributed by atoms with E-state index in [1.807, 2.05) is 11.4 Å². The van der Waals surface area contributed by atoms with Gasteiger partial charge in [0.25, 0.3) is 5.56 Å². The molecule has 102 valence electrons. The summed E-state index contributed by atoms with van der Waals surface area (Å²) in [5.41, 5.74) is 0.987. The Hall–Kier alpha value is -1.79. The van der Waals surface area contributed by atoms with Crippen molar-refractivity contribution < 1.29 is 4.39 Å². The van der Waals surface area contributed by atoms with Gasteiger partial charge >= 0.3 is 0 Å². The maximum atomic E-state index is 13.9. The van der Waals surface area contributed by atoms with Crippen molar-refractivity contribution in [1.29, 1.82) is 0 Å². The van der Waals surface area contributed by atoms with Gasteiger partial charge in [-0.2, -0.15) is 0 Å². The summed E-state index contributed by atoms with van der Waals surface area (Å²) in [6, 6.07) is 7.77. The molecule has 0 saturated heterocycles. The first-order chi connectivity index (χ1) is 9.59. The third-order valence-electron chi connectivity index (χ3n) is 3.28. The molecule has 3 rings (SSSR count). The number of hydrogen-bond donors (Lipinski definition) is 1. The number of H-pyrrole nitrogens is 1. The number of aromatic nitrogens is 2. The van der Waals surface area contributed by atoms with Crippen LogP contribution in [0.1, 0.15) is 18.5 Å². The zero-order valence-electron chi connectivity index (χ0n) is 10.6. The van der Waals surface area contributed by atoms with E-state index in [4.69, 9.17) is 12.2 Å². The van der Waals surface area contributed by atoms with E-state index in [1.165, 1.54) is 22.0 Å². The van der Waals surface area contributed by atoms with Gasteiger partial charge in [0.15, 0.2) is 4.77 Å². The van der Waals surface area contributed by atoms with Gasteiger partial charge in [-0.25, -0.2) is 4.39 Å². The lowest BCUT2D eigenvalue weighted by Gasteiger charge is -2.16. The van der Waals surface area contributed by atoms with E-state index in [1.54, 1.807) is 25.1 Å². The molecule has 6 heteroatoms. The Balaban J connectivity index is 2.27. The number of nitrogens with one attached hydrogen (secondary N) is 1. The van der Waals surface area contributed by atoms with Crippen LogP contribution in [0, 0.1) is 10.6 Å². The summed E-state index contributed by atoms with van der Waals surface area (Å²) in [5.74, 6) is -0.340. The number of fused-ring (bicyclic) bond motifs is 1. The predicted octanol–water partition coefficient (Wildman–Crippen LogP) is 3.87. The van der Waals surface area contributed by atoms with Gasteiger partial charge in [0.1, 0.15) is 10.5 Å². The van der Waals surface area contributed by atoms with Gasteiger partial charge in [-0.05, 0) is 36.7 Å². The van der Waals surface area contributed by atoms with Crippen molar-refractivity contribution in [3.8, 4) is 0 Å². The van der Waals surface area contributed by atoms with Crippen molar-refractivity contribution in [1.82, 2.24) is 9.55 Å². The molecule has 0 aliphatic heterocycles. The van der Waals surface area contributed by atoms with Crippen LogP contribution in [0.2, 0.25) is 0 Å². The Bertz CT molecular complexity index is 894.